The van der Waals surface area contributed by atoms with Crippen LogP contribution in [0, 0.1) is 5.82 Å². The van der Waals surface area contributed by atoms with Crippen LogP contribution in [0.4, 0.5) is 4.39 Å². The Kier molecular flexibility index (Phi) is 3.54. The number of nitrogens with zero attached hydrogens (tertiary/aromatic N) is 3. The summed E-state index contributed by atoms with van der Waals surface area (Å²) in [7, 11) is 1.88. The molecule has 3 rings (SSSR count). The molecule has 2 heterocycles. The van der Waals surface area contributed by atoms with E-state index in [-0.39, 0.29) is 18.0 Å². The normalized spacial score (nSPS) is 23.4. The fraction of sp³-hybridized carbons (Fsp3) is 0.400. The molecule has 0 saturated carbocycles. The van der Waals surface area contributed by atoms with Crippen molar-refractivity contribution in [3.8, 4) is 0 Å². The molecule has 1 fully saturated rings. The van der Waals surface area contributed by atoms with Crippen molar-refractivity contribution in [1.82, 2.24) is 14.7 Å². The molecule has 0 spiro atoms. The number of halogens is 1. The van der Waals surface area contributed by atoms with Crippen LogP contribution in [0.1, 0.15) is 23.6 Å². The Balaban J connectivity index is 1.81. The number of aliphatic hydroxyl groups excluding tert-OH is 1. The van der Waals surface area contributed by atoms with Gasteiger partial charge < -0.3 is 5.11 Å². The van der Waals surface area contributed by atoms with Gasteiger partial charge in [-0.15, -0.1) is 0 Å². The van der Waals surface area contributed by atoms with Gasteiger partial charge in [0.2, 0.25) is 0 Å². The molecule has 2 atom stereocenters. The number of aliphatic hydroxyl groups is 1. The molecule has 1 aliphatic rings. The second-order valence-electron chi connectivity index (χ2n) is 5.41. The van der Waals surface area contributed by atoms with Gasteiger partial charge >= 0.3 is 0 Å². The van der Waals surface area contributed by atoms with Crippen LogP contribution in [0.25, 0.3) is 0 Å². The molecule has 0 aliphatic carbocycles. The van der Waals surface area contributed by atoms with Gasteiger partial charge in [-0.2, -0.15) is 5.10 Å². The number of hydrogen-bond donors (Lipinski definition) is 1. The molecule has 4 nitrogen and oxygen atoms in total. The Labute approximate surface area is 117 Å². The molecule has 1 saturated heterocycles. The molecule has 0 amide bonds. The number of aryl methyl sites for hydroxylation is 1. The number of benzene rings is 1. The van der Waals surface area contributed by atoms with Gasteiger partial charge in [-0.1, -0.05) is 12.1 Å². The lowest BCUT2D eigenvalue weighted by atomic mass is 10.0. The van der Waals surface area contributed by atoms with Crippen molar-refractivity contribution in [2.24, 2.45) is 7.05 Å². The molecule has 106 valence electrons. The first kappa shape index (κ1) is 13.3. The van der Waals surface area contributed by atoms with Crippen molar-refractivity contribution < 1.29 is 9.50 Å². The number of rotatable bonds is 3. The summed E-state index contributed by atoms with van der Waals surface area (Å²) in [5, 5.41) is 14.1. The first-order valence-corrected chi connectivity index (χ1v) is 6.77. The quantitative estimate of drug-likeness (QED) is 0.929. The van der Waals surface area contributed by atoms with Gasteiger partial charge in [0, 0.05) is 37.9 Å². The lowest BCUT2D eigenvalue weighted by Crippen LogP contribution is -2.24. The standard InChI is InChI=1S/C15H18FN3O/c1-18-8-11(7-17-18)9-19-10-14(20)6-15(19)12-3-2-4-13(16)5-12/h2-5,7-8,14-15,20H,6,9-10H2,1H3/t14-,15+/m0/s1. The molecular formula is C15H18FN3O. The summed E-state index contributed by atoms with van der Waals surface area (Å²) >= 11 is 0. The van der Waals surface area contributed by atoms with Gasteiger partial charge in [-0.05, 0) is 24.1 Å². The molecular weight excluding hydrogens is 257 g/mol. The Hall–Kier alpha value is -1.72. The van der Waals surface area contributed by atoms with E-state index in [9.17, 15) is 9.50 Å². The molecule has 0 bridgehead atoms. The summed E-state index contributed by atoms with van der Waals surface area (Å²) < 4.78 is 15.1. The van der Waals surface area contributed by atoms with Gasteiger partial charge in [0.25, 0.3) is 0 Å². The second-order valence-corrected chi connectivity index (χ2v) is 5.41. The third-order valence-corrected chi connectivity index (χ3v) is 3.76. The maximum Gasteiger partial charge on any atom is 0.123 e. The summed E-state index contributed by atoms with van der Waals surface area (Å²) in [4.78, 5) is 2.18. The van der Waals surface area contributed by atoms with Crippen LogP contribution >= 0.6 is 0 Å². The molecule has 2 aromatic rings. The maximum atomic E-state index is 13.4. The van der Waals surface area contributed by atoms with Gasteiger partial charge in [-0.25, -0.2) is 4.39 Å². The third-order valence-electron chi connectivity index (χ3n) is 3.76. The van der Waals surface area contributed by atoms with Crippen molar-refractivity contribution in [3.05, 3.63) is 53.6 Å². The zero-order valence-corrected chi connectivity index (χ0v) is 11.4. The van der Waals surface area contributed by atoms with Crippen LogP contribution < -0.4 is 0 Å². The van der Waals surface area contributed by atoms with E-state index in [0.29, 0.717) is 19.5 Å². The fourth-order valence-electron chi connectivity index (χ4n) is 2.90. The Morgan fingerprint density at radius 1 is 1.45 bits per heavy atom. The lowest BCUT2D eigenvalue weighted by Gasteiger charge is -2.23. The summed E-state index contributed by atoms with van der Waals surface area (Å²) in [5.74, 6) is -0.231. The Morgan fingerprint density at radius 3 is 3.00 bits per heavy atom. The zero-order chi connectivity index (χ0) is 14.1. The van der Waals surface area contributed by atoms with Gasteiger partial charge in [0.05, 0.1) is 12.3 Å². The van der Waals surface area contributed by atoms with E-state index in [2.05, 4.69) is 10.00 Å². The van der Waals surface area contributed by atoms with E-state index in [4.69, 9.17) is 0 Å². The molecule has 0 radical (unpaired) electrons. The van der Waals surface area contributed by atoms with Crippen molar-refractivity contribution in [2.45, 2.75) is 25.1 Å². The average Bonchev–Trinajstić information content (AvgIpc) is 2.96. The van der Waals surface area contributed by atoms with Gasteiger partial charge in [-0.3, -0.25) is 9.58 Å². The second kappa shape index (κ2) is 5.34. The molecule has 5 heteroatoms. The minimum absolute atomic E-state index is 0.0564. The zero-order valence-electron chi connectivity index (χ0n) is 11.4. The highest BCUT2D eigenvalue weighted by Gasteiger charge is 2.32. The van der Waals surface area contributed by atoms with Crippen LogP contribution in [-0.2, 0) is 13.6 Å². The van der Waals surface area contributed by atoms with E-state index in [1.165, 1.54) is 6.07 Å². The number of hydrogen-bond acceptors (Lipinski definition) is 3. The van der Waals surface area contributed by atoms with Crippen LogP contribution in [0.2, 0.25) is 0 Å². The van der Waals surface area contributed by atoms with E-state index >= 15 is 0 Å². The van der Waals surface area contributed by atoms with Crippen LogP contribution in [-0.4, -0.2) is 32.4 Å². The minimum atomic E-state index is -0.361. The van der Waals surface area contributed by atoms with E-state index in [0.717, 1.165) is 11.1 Å². The average molecular weight is 275 g/mol. The van der Waals surface area contributed by atoms with Gasteiger partial charge in [0.15, 0.2) is 0 Å². The molecule has 1 N–H and O–H groups in total. The largest absolute Gasteiger partial charge is 0.392 e. The predicted octanol–water partition coefficient (Wildman–Crippen LogP) is 1.87. The highest BCUT2D eigenvalue weighted by Crippen LogP contribution is 2.33. The van der Waals surface area contributed by atoms with E-state index in [1.807, 2.05) is 25.5 Å². The van der Waals surface area contributed by atoms with E-state index < -0.39 is 0 Å². The molecule has 1 aliphatic heterocycles. The smallest absolute Gasteiger partial charge is 0.123 e. The monoisotopic (exact) mass is 275 g/mol. The fourth-order valence-corrected chi connectivity index (χ4v) is 2.90. The minimum Gasteiger partial charge on any atom is -0.392 e. The first-order chi connectivity index (χ1) is 9.61. The molecule has 1 aromatic heterocycles. The molecule has 1 aromatic carbocycles. The lowest BCUT2D eigenvalue weighted by molar-refractivity contribution is 0.172. The number of likely N-dealkylation sites (tertiary alicyclic amines) is 1. The van der Waals surface area contributed by atoms with Crippen LogP contribution in [0.15, 0.2) is 36.7 Å². The number of aromatic nitrogens is 2. The molecule has 0 unspecified atom stereocenters. The topological polar surface area (TPSA) is 41.3 Å². The number of β-amino-alcohol motifs (C(OH)–C–C–N with tert-alkyl or cyclic N) is 1. The highest BCUT2D eigenvalue weighted by atomic mass is 19.1. The SMILES string of the molecule is Cn1cc(CN2C[C@@H](O)C[C@@H]2c2cccc(F)c2)cn1. The maximum absolute atomic E-state index is 13.4. The highest BCUT2D eigenvalue weighted by molar-refractivity contribution is 5.22. The van der Waals surface area contributed by atoms with Crippen molar-refractivity contribution in [2.75, 3.05) is 6.54 Å². The summed E-state index contributed by atoms with van der Waals surface area (Å²) in [6, 6.07) is 6.69. The summed E-state index contributed by atoms with van der Waals surface area (Å²) in [5.41, 5.74) is 2.02. The Bertz CT molecular complexity index is 598. The van der Waals surface area contributed by atoms with Crippen molar-refractivity contribution >= 4 is 0 Å². The van der Waals surface area contributed by atoms with Crippen LogP contribution in [0.5, 0.6) is 0 Å². The summed E-state index contributed by atoms with van der Waals surface area (Å²) in [6.07, 6.45) is 4.07. The first-order valence-electron chi connectivity index (χ1n) is 6.77. The third kappa shape index (κ3) is 2.73. The summed E-state index contributed by atoms with van der Waals surface area (Å²) in [6.45, 7) is 1.32. The van der Waals surface area contributed by atoms with Gasteiger partial charge in [0.1, 0.15) is 5.82 Å². The molecule has 20 heavy (non-hydrogen) atoms. The van der Waals surface area contributed by atoms with E-state index in [1.54, 1.807) is 16.8 Å². The van der Waals surface area contributed by atoms with Crippen molar-refractivity contribution in [3.63, 3.8) is 0 Å². The van der Waals surface area contributed by atoms with Crippen molar-refractivity contribution in [1.29, 1.82) is 0 Å². The predicted molar refractivity (Wildman–Crippen MR) is 73.4 cm³/mol. The Morgan fingerprint density at radius 2 is 2.30 bits per heavy atom. The van der Waals surface area contributed by atoms with Crippen LogP contribution in [0.3, 0.4) is 0 Å².